The van der Waals surface area contributed by atoms with Gasteiger partial charge in [0.25, 0.3) is 5.91 Å². The van der Waals surface area contributed by atoms with Crippen molar-refractivity contribution in [1.82, 2.24) is 4.90 Å². The Morgan fingerprint density at radius 1 is 1.43 bits per heavy atom. The number of nitrogens with zero attached hydrogens (tertiary/aromatic N) is 1. The van der Waals surface area contributed by atoms with Crippen molar-refractivity contribution in [2.24, 2.45) is 0 Å². The minimum Gasteiger partial charge on any atom is -0.394 e. The lowest BCUT2D eigenvalue weighted by molar-refractivity contribution is 0.0503. The monoisotopic (exact) mass is 331 g/mol. The first kappa shape index (κ1) is 16.3. The molecule has 0 radical (unpaired) electrons. The van der Waals surface area contributed by atoms with Crippen LogP contribution in [0.5, 0.6) is 0 Å². The Balaban J connectivity index is 2.35. The maximum atomic E-state index is 12.5. The molecule has 1 fully saturated rings. The van der Waals surface area contributed by atoms with Crippen LogP contribution in [0.1, 0.15) is 29.6 Å². The van der Waals surface area contributed by atoms with Crippen LogP contribution in [0.25, 0.3) is 0 Å². The number of carbonyl (C=O) groups is 1. The average molecular weight is 332 g/mol. The SMILES string of the molecule is CS(=O)(=O)c1cc(C(=O)N2CCCCC2CO)ccc1Cl. The third kappa shape index (κ3) is 3.56. The van der Waals surface area contributed by atoms with Gasteiger partial charge in [-0.15, -0.1) is 0 Å². The summed E-state index contributed by atoms with van der Waals surface area (Å²) in [6.45, 7) is 0.485. The van der Waals surface area contributed by atoms with Gasteiger partial charge in [-0.1, -0.05) is 11.6 Å². The Labute approximate surface area is 129 Å². The van der Waals surface area contributed by atoms with E-state index in [4.69, 9.17) is 11.6 Å². The summed E-state index contributed by atoms with van der Waals surface area (Å²) in [6.07, 6.45) is 3.67. The molecule has 1 saturated heterocycles. The highest BCUT2D eigenvalue weighted by Crippen LogP contribution is 2.25. The van der Waals surface area contributed by atoms with Gasteiger partial charge in [0.2, 0.25) is 0 Å². The molecule has 21 heavy (non-hydrogen) atoms. The molecule has 1 heterocycles. The predicted molar refractivity (Wildman–Crippen MR) is 80.3 cm³/mol. The summed E-state index contributed by atoms with van der Waals surface area (Å²) in [7, 11) is -3.49. The molecule has 1 aliphatic heterocycles. The van der Waals surface area contributed by atoms with Gasteiger partial charge >= 0.3 is 0 Å². The third-order valence-electron chi connectivity index (χ3n) is 3.68. The van der Waals surface area contributed by atoms with E-state index in [0.29, 0.717) is 6.54 Å². The summed E-state index contributed by atoms with van der Waals surface area (Å²) in [4.78, 5) is 14.1. The van der Waals surface area contributed by atoms with Crippen LogP contribution >= 0.6 is 11.6 Å². The molecule has 1 aliphatic rings. The van der Waals surface area contributed by atoms with E-state index in [2.05, 4.69) is 0 Å². The summed E-state index contributed by atoms with van der Waals surface area (Å²) in [5.74, 6) is -0.268. The zero-order valence-corrected chi connectivity index (χ0v) is 13.3. The van der Waals surface area contributed by atoms with Crippen molar-refractivity contribution in [3.63, 3.8) is 0 Å². The second kappa shape index (κ2) is 6.34. The number of aliphatic hydroxyl groups excluding tert-OH is 1. The first-order chi connectivity index (χ1) is 9.84. The molecule has 1 N–H and O–H groups in total. The first-order valence-corrected chi connectivity index (χ1v) is 9.03. The Bertz CT molecular complexity index is 644. The van der Waals surface area contributed by atoms with Crippen molar-refractivity contribution in [3.05, 3.63) is 28.8 Å². The highest BCUT2D eigenvalue weighted by molar-refractivity contribution is 7.90. The molecule has 0 aliphatic carbocycles. The summed E-state index contributed by atoms with van der Waals surface area (Å²) in [6, 6.07) is 4.04. The van der Waals surface area contributed by atoms with Crippen molar-refractivity contribution < 1.29 is 18.3 Å². The average Bonchev–Trinajstić information content (AvgIpc) is 2.45. The number of rotatable bonds is 3. The summed E-state index contributed by atoms with van der Waals surface area (Å²) >= 11 is 5.88. The fraction of sp³-hybridized carbons (Fsp3) is 0.500. The standard InChI is InChI=1S/C14H18ClNO4S/c1-21(19,20)13-8-10(5-6-12(13)15)14(18)16-7-3-2-4-11(16)9-17/h5-6,8,11,17H,2-4,7,9H2,1H3. The van der Waals surface area contributed by atoms with Crippen molar-refractivity contribution in [3.8, 4) is 0 Å². The number of aliphatic hydroxyl groups is 1. The molecule has 0 saturated carbocycles. The predicted octanol–water partition coefficient (Wildman–Crippen LogP) is 1.73. The number of hydrogen-bond donors (Lipinski definition) is 1. The second-order valence-corrected chi connectivity index (χ2v) is 7.64. The minimum atomic E-state index is -3.49. The lowest BCUT2D eigenvalue weighted by Gasteiger charge is -2.34. The van der Waals surface area contributed by atoms with Gasteiger partial charge in [0.1, 0.15) is 0 Å². The number of amides is 1. The van der Waals surface area contributed by atoms with Crippen molar-refractivity contribution in [1.29, 1.82) is 0 Å². The van der Waals surface area contributed by atoms with Gasteiger partial charge in [0.05, 0.1) is 22.6 Å². The molecule has 0 spiro atoms. The minimum absolute atomic E-state index is 0.0485. The zero-order valence-electron chi connectivity index (χ0n) is 11.8. The van der Waals surface area contributed by atoms with E-state index in [0.717, 1.165) is 25.5 Å². The van der Waals surface area contributed by atoms with Crippen molar-refractivity contribution >= 4 is 27.3 Å². The van der Waals surface area contributed by atoms with E-state index in [-0.39, 0.29) is 34.0 Å². The van der Waals surface area contributed by atoms with Crippen molar-refractivity contribution in [2.45, 2.75) is 30.2 Å². The fourth-order valence-electron chi connectivity index (χ4n) is 2.54. The van der Waals surface area contributed by atoms with E-state index >= 15 is 0 Å². The Morgan fingerprint density at radius 2 is 2.14 bits per heavy atom. The van der Waals surface area contributed by atoms with Crippen LogP contribution in [0, 0.1) is 0 Å². The van der Waals surface area contributed by atoms with E-state index in [1.165, 1.54) is 18.2 Å². The lowest BCUT2D eigenvalue weighted by Crippen LogP contribution is -2.45. The molecule has 1 aromatic rings. The fourth-order valence-corrected chi connectivity index (χ4v) is 3.85. The van der Waals surface area contributed by atoms with Crippen LogP contribution in [0.4, 0.5) is 0 Å². The van der Waals surface area contributed by atoms with Crippen LogP contribution in [-0.2, 0) is 9.84 Å². The summed E-state index contributed by atoms with van der Waals surface area (Å²) in [5, 5.41) is 9.48. The van der Waals surface area contributed by atoms with Crippen LogP contribution in [0.3, 0.4) is 0 Å². The van der Waals surface area contributed by atoms with E-state index in [1.807, 2.05) is 0 Å². The number of sulfone groups is 1. The topological polar surface area (TPSA) is 74.7 Å². The van der Waals surface area contributed by atoms with Gasteiger partial charge in [0, 0.05) is 18.4 Å². The third-order valence-corrected chi connectivity index (χ3v) is 5.25. The van der Waals surface area contributed by atoms with Crippen LogP contribution in [0.15, 0.2) is 23.1 Å². The van der Waals surface area contributed by atoms with Crippen LogP contribution in [0.2, 0.25) is 5.02 Å². The number of halogens is 1. The highest BCUT2D eigenvalue weighted by atomic mass is 35.5. The van der Waals surface area contributed by atoms with Gasteiger partial charge in [0.15, 0.2) is 9.84 Å². The van der Waals surface area contributed by atoms with E-state index < -0.39 is 9.84 Å². The van der Waals surface area contributed by atoms with Gasteiger partial charge in [-0.2, -0.15) is 0 Å². The van der Waals surface area contributed by atoms with Crippen LogP contribution < -0.4 is 0 Å². The lowest BCUT2D eigenvalue weighted by atomic mass is 10.0. The maximum Gasteiger partial charge on any atom is 0.254 e. The molecule has 7 heteroatoms. The van der Waals surface area contributed by atoms with E-state index in [1.54, 1.807) is 4.90 Å². The molecule has 0 aromatic heterocycles. The molecular weight excluding hydrogens is 314 g/mol. The smallest absolute Gasteiger partial charge is 0.254 e. The number of piperidine rings is 1. The maximum absolute atomic E-state index is 12.5. The van der Waals surface area contributed by atoms with E-state index in [9.17, 15) is 18.3 Å². The Morgan fingerprint density at radius 3 is 2.76 bits per heavy atom. The molecule has 1 atom stereocenters. The molecule has 1 aromatic carbocycles. The molecule has 2 rings (SSSR count). The largest absolute Gasteiger partial charge is 0.394 e. The molecule has 0 bridgehead atoms. The van der Waals surface area contributed by atoms with Gasteiger partial charge < -0.3 is 10.0 Å². The van der Waals surface area contributed by atoms with Crippen molar-refractivity contribution in [2.75, 3.05) is 19.4 Å². The molecule has 1 unspecified atom stereocenters. The summed E-state index contributed by atoms with van der Waals surface area (Å²) in [5.41, 5.74) is 0.278. The summed E-state index contributed by atoms with van der Waals surface area (Å²) < 4.78 is 23.4. The molecule has 116 valence electrons. The highest BCUT2D eigenvalue weighted by Gasteiger charge is 2.27. The van der Waals surface area contributed by atoms with Gasteiger partial charge in [-0.05, 0) is 37.5 Å². The first-order valence-electron chi connectivity index (χ1n) is 6.76. The van der Waals surface area contributed by atoms with Gasteiger partial charge in [-0.25, -0.2) is 8.42 Å². The van der Waals surface area contributed by atoms with Gasteiger partial charge in [-0.3, -0.25) is 4.79 Å². The number of benzene rings is 1. The number of hydrogen-bond acceptors (Lipinski definition) is 4. The Kier molecular flexibility index (Phi) is 4.91. The molecular formula is C14H18ClNO4S. The van der Waals surface area contributed by atoms with Crippen LogP contribution in [-0.4, -0.2) is 49.8 Å². The number of carbonyl (C=O) groups excluding carboxylic acids is 1. The Hall–Kier alpha value is -1.11. The normalized spacial score (nSPS) is 19.6. The number of likely N-dealkylation sites (tertiary alicyclic amines) is 1. The molecule has 5 nitrogen and oxygen atoms in total. The molecule has 1 amide bonds. The zero-order chi connectivity index (χ0) is 15.6. The quantitative estimate of drug-likeness (QED) is 0.915. The second-order valence-electron chi connectivity index (χ2n) is 5.25.